The normalized spacial score (nSPS) is 32.7. The summed E-state index contributed by atoms with van der Waals surface area (Å²) in [6.45, 7) is -0.247. The van der Waals surface area contributed by atoms with Gasteiger partial charge in [0.1, 0.15) is 6.10 Å². The summed E-state index contributed by atoms with van der Waals surface area (Å²) in [5.74, 6) is 0.0159. The van der Waals surface area contributed by atoms with E-state index in [4.69, 9.17) is 15.6 Å². The molecule has 19 heavy (non-hydrogen) atoms. The summed E-state index contributed by atoms with van der Waals surface area (Å²) in [7, 11) is 0. The van der Waals surface area contributed by atoms with Crippen molar-refractivity contribution in [3.05, 3.63) is 21.1 Å². The molecule has 2 aliphatic heterocycles. The van der Waals surface area contributed by atoms with E-state index >= 15 is 0 Å². The molecule has 5 N–H and O–H groups in total. The number of fused-ring (bicyclic) bond motifs is 1. The maximum atomic E-state index is 11.7. The van der Waals surface area contributed by atoms with Gasteiger partial charge in [-0.2, -0.15) is 4.98 Å². The van der Waals surface area contributed by atoms with E-state index < -0.39 is 18.2 Å². The molecule has 3 heterocycles. The van der Waals surface area contributed by atoms with Crippen LogP contribution in [-0.2, 0) is 4.74 Å². The first kappa shape index (κ1) is 12.3. The summed E-state index contributed by atoms with van der Waals surface area (Å²) in [5.41, 5.74) is 5.40. The number of ether oxygens (including phenoxy) is 1. The molecule has 0 saturated carbocycles. The number of nitrogen functional groups attached to an aromatic ring is 1. The largest absolute Gasteiger partial charge is 0.394 e. The molecule has 0 aliphatic carbocycles. The molecule has 102 valence electrons. The molecule has 1 saturated heterocycles. The number of nitrogens with two attached hydrogens (primary N) is 1. The fraction of sp³-hybridized carbons (Fsp3) is 0.545. The quantitative estimate of drug-likeness (QED) is 0.442. The van der Waals surface area contributed by atoms with Gasteiger partial charge in [-0.15, -0.1) is 0 Å². The van der Waals surface area contributed by atoms with Crippen molar-refractivity contribution >= 4 is 12.0 Å². The molecule has 0 bridgehead atoms. The highest BCUT2D eigenvalue weighted by molar-refractivity contribution is 5.35. The molecule has 0 spiro atoms. The first-order chi connectivity index (χ1) is 9.08. The van der Waals surface area contributed by atoms with Gasteiger partial charge in [-0.3, -0.25) is 14.8 Å². The fourth-order valence-electron chi connectivity index (χ4n) is 2.42. The first-order valence-electron chi connectivity index (χ1n) is 5.98. The Morgan fingerprint density at radius 3 is 3.05 bits per heavy atom. The van der Waals surface area contributed by atoms with Crippen molar-refractivity contribution in [2.24, 2.45) is 4.99 Å². The molecule has 0 amide bonds. The van der Waals surface area contributed by atoms with Crippen LogP contribution in [0.4, 0.5) is 5.95 Å². The average molecular weight is 266 g/mol. The third kappa shape index (κ3) is 2.03. The van der Waals surface area contributed by atoms with Crippen molar-refractivity contribution in [3.63, 3.8) is 0 Å². The van der Waals surface area contributed by atoms with Crippen LogP contribution in [0.5, 0.6) is 0 Å². The average Bonchev–Trinajstić information content (AvgIpc) is 2.92. The predicted molar refractivity (Wildman–Crippen MR) is 64.7 cm³/mol. The standard InChI is InChI=1S/C11H14N4O4/c12-11-14-9-4(10(18)15-11)1-5(13-9)7-2-6(17)8(3-16)19-7/h1,5-8,16-17H,2-3H2,(H3,12,13,14,15,18)/t5?,6-,7?,8+/m0/s1. The van der Waals surface area contributed by atoms with Crippen LogP contribution < -0.4 is 22.0 Å². The second-order valence-electron chi connectivity index (χ2n) is 4.67. The molecule has 4 atom stereocenters. The lowest BCUT2D eigenvalue weighted by atomic mass is 10.1. The van der Waals surface area contributed by atoms with Crippen LogP contribution in [0, 0.1) is 0 Å². The highest BCUT2D eigenvalue weighted by Gasteiger charge is 2.38. The zero-order valence-corrected chi connectivity index (χ0v) is 9.98. The molecule has 8 nitrogen and oxygen atoms in total. The Morgan fingerprint density at radius 1 is 1.58 bits per heavy atom. The third-order valence-corrected chi connectivity index (χ3v) is 3.38. The minimum atomic E-state index is -0.723. The summed E-state index contributed by atoms with van der Waals surface area (Å²) in [6.07, 6.45) is 0.309. The van der Waals surface area contributed by atoms with Gasteiger partial charge in [-0.1, -0.05) is 0 Å². The maximum absolute atomic E-state index is 11.7. The summed E-state index contributed by atoms with van der Waals surface area (Å²) in [4.78, 5) is 22.3. The SMILES string of the molecule is Nc1nc2c(c(=O)[nH]1)=CC(C1C[C@H](O)[C@@H](CO)O1)N=2. The molecule has 1 aromatic rings. The number of nitrogens with one attached hydrogen (secondary N) is 1. The van der Waals surface area contributed by atoms with Gasteiger partial charge in [0.25, 0.3) is 5.56 Å². The number of hydrogen-bond acceptors (Lipinski definition) is 7. The van der Waals surface area contributed by atoms with Gasteiger partial charge in [0, 0.05) is 6.42 Å². The molecule has 0 aromatic carbocycles. The first-order valence-corrected chi connectivity index (χ1v) is 5.98. The smallest absolute Gasteiger partial charge is 0.261 e. The summed E-state index contributed by atoms with van der Waals surface area (Å²) < 4.78 is 5.51. The lowest BCUT2D eigenvalue weighted by molar-refractivity contribution is -0.0233. The molecule has 1 aromatic heterocycles. The minimum absolute atomic E-state index is 0.0159. The molecule has 1 fully saturated rings. The summed E-state index contributed by atoms with van der Waals surface area (Å²) >= 11 is 0. The van der Waals surface area contributed by atoms with Crippen molar-refractivity contribution < 1.29 is 14.9 Å². The topological polar surface area (TPSA) is 134 Å². The monoisotopic (exact) mass is 266 g/mol. The highest BCUT2D eigenvalue weighted by Crippen LogP contribution is 2.25. The lowest BCUT2D eigenvalue weighted by Crippen LogP contribution is -2.41. The molecule has 2 unspecified atom stereocenters. The van der Waals surface area contributed by atoms with Crippen molar-refractivity contribution in [1.82, 2.24) is 9.97 Å². The molecule has 3 rings (SSSR count). The summed E-state index contributed by atoms with van der Waals surface area (Å²) in [6, 6.07) is -0.392. The van der Waals surface area contributed by atoms with Crippen molar-refractivity contribution in [2.45, 2.75) is 30.8 Å². The number of nitrogens with zero attached hydrogens (tertiary/aromatic N) is 2. The van der Waals surface area contributed by atoms with Crippen LogP contribution in [0.3, 0.4) is 0 Å². The Kier molecular flexibility index (Phi) is 2.85. The molecule has 8 heteroatoms. The second kappa shape index (κ2) is 4.41. The van der Waals surface area contributed by atoms with Crippen LogP contribution in [0.25, 0.3) is 6.08 Å². The van der Waals surface area contributed by atoms with E-state index in [-0.39, 0.29) is 29.7 Å². The van der Waals surface area contributed by atoms with Crippen molar-refractivity contribution in [2.75, 3.05) is 12.3 Å². The number of hydrogen-bond donors (Lipinski definition) is 4. The van der Waals surface area contributed by atoms with Gasteiger partial charge in [-0.05, 0) is 6.08 Å². The van der Waals surface area contributed by atoms with E-state index in [1.807, 2.05) is 0 Å². The van der Waals surface area contributed by atoms with E-state index in [1.54, 1.807) is 6.08 Å². The van der Waals surface area contributed by atoms with Crippen LogP contribution in [0.15, 0.2) is 9.79 Å². The molecule has 0 radical (unpaired) electrons. The third-order valence-electron chi connectivity index (χ3n) is 3.38. The Bertz CT molecular complexity index is 670. The van der Waals surface area contributed by atoms with E-state index in [9.17, 15) is 9.90 Å². The molecule has 2 aliphatic rings. The number of aromatic nitrogens is 2. The van der Waals surface area contributed by atoms with Gasteiger partial charge < -0.3 is 20.7 Å². The fourth-order valence-corrected chi connectivity index (χ4v) is 2.42. The van der Waals surface area contributed by atoms with Gasteiger partial charge in [-0.25, -0.2) is 0 Å². The van der Waals surface area contributed by atoms with Crippen LogP contribution in [0.1, 0.15) is 6.42 Å². The zero-order chi connectivity index (χ0) is 13.6. The summed E-state index contributed by atoms with van der Waals surface area (Å²) in [5, 5.41) is 19.1. The van der Waals surface area contributed by atoms with Crippen LogP contribution in [0.2, 0.25) is 0 Å². The van der Waals surface area contributed by atoms with E-state index in [0.29, 0.717) is 11.6 Å². The van der Waals surface area contributed by atoms with Crippen LogP contribution in [-0.4, -0.2) is 51.1 Å². The van der Waals surface area contributed by atoms with Crippen molar-refractivity contribution in [3.8, 4) is 0 Å². The zero-order valence-electron chi connectivity index (χ0n) is 9.98. The maximum Gasteiger partial charge on any atom is 0.261 e. The molecular formula is C11H14N4O4. The number of aliphatic hydroxyl groups excluding tert-OH is 2. The Morgan fingerprint density at radius 2 is 2.37 bits per heavy atom. The number of H-pyrrole nitrogens is 1. The second-order valence-corrected chi connectivity index (χ2v) is 4.67. The number of rotatable bonds is 2. The van der Waals surface area contributed by atoms with Crippen molar-refractivity contribution in [1.29, 1.82) is 0 Å². The minimum Gasteiger partial charge on any atom is -0.394 e. The van der Waals surface area contributed by atoms with E-state index in [2.05, 4.69) is 15.0 Å². The van der Waals surface area contributed by atoms with E-state index in [1.165, 1.54) is 0 Å². The highest BCUT2D eigenvalue weighted by atomic mass is 16.5. The van der Waals surface area contributed by atoms with Gasteiger partial charge in [0.2, 0.25) is 5.95 Å². The number of aromatic amines is 1. The number of aliphatic hydroxyl groups is 2. The van der Waals surface area contributed by atoms with Gasteiger partial charge in [0.05, 0.1) is 30.1 Å². The van der Waals surface area contributed by atoms with Crippen LogP contribution >= 0.6 is 0 Å². The Hall–Kier alpha value is -1.77. The Labute approximate surface area is 107 Å². The van der Waals surface area contributed by atoms with Gasteiger partial charge >= 0.3 is 0 Å². The predicted octanol–water partition coefficient (Wildman–Crippen LogP) is -3.35. The molecular weight excluding hydrogens is 252 g/mol. The Balaban J connectivity index is 1.93. The lowest BCUT2D eigenvalue weighted by Gasteiger charge is -2.14. The van der Waals surface area contributed by atoms with Gasteiger partial charge in [0.15, 0.2) is 5.49 Å². The number of anilines is 1. The van der Waals surface area contributed by atoms with E-state index in [0.717, 1.165) is 0 Å².